The van der Waals surface area contributed by atoms with E-state index >= 15 is 0 Å². The molecule has 0 bridgehead atoms. The van der Waals surface area contributed by atoms with E-state index in [-0.39, 0.29) is 17.9 Å². The van der Waals surface area contributed by atoms with Crippen LogP contribution in [0.1, 0.15) is 26.7 Å². The van der Waals surface area contributed by atoms with Gasteiger partial charge in [-0.1, -0.05) is 11.6 Å². The largest absolute Gasteiger partial charge is 0.491 e. The Kier molecular flexibility index (Phi) is 5.18. The van der Waals surface area contributed by atoms with Gasteiger partial charge in [0.05, 0.1) is 6.10 Å². The van der Waals surface area contributed by atoms with Crippen molar-refractivity contribution in [3.8, 4) is 5.75 Å². The molecule has 2 aromatic rings. The summed E-state index contributed by atoms with van der Waals surface area (Å²) in [6.07, 6.45) is 1.15. The van der Waals surface area contributed by atoms with Crippen LogP contribution in [0.3, 0.4) is 0 Å². The minimum Gasteiger partial charge on any atom is -0.491 e. The predicted octanol–water partition coefficient (Wildman–Crippen LogP) is 4.48. The fourth-order valence-corrected chi connectivity index (χ4v) is 2.73. The van der Waals surface area contributed by atoms with E-state index in [0.717, 1.165) is 5.75 Å². The Hall–Kier alpha value is -2.53. The third-order valence-corrected chi connectivity index (χ3v) is 4.46. The highest BCUT2D eigenvalue weighted by atomic mass is 35.5. The third-order valence-electron chi connectivity index (χ3n) is 4.21. The van der Waals surface area contributed by atoms with Crippen LogP contribution in [0.2, 0.25) is 5.02 Å². The molecule has 0 unspecified atom stereocenters. The summed E-state index contributed by atoms with van der Waals surface area (Å²) < 4.78 is 5.58. The monoisotopic (exact) mass is 372 g/mol. The summed E-state index contributed by atoms with van der Waals surface area (Å²) in [7, 11) is 0. The molecule has 1 saturated carbocycles. The number of anilines is 2. The number of carbonyl (C=O) groups excluding carboxylic acids is 2. The zero-order valence-corrected chi connectivity index (χ0v) is 15.5. The molecule has 0 atom stereocenters. The highest BCUT2D eigenvalue weighted by Gasteiger charge is 2.56. The van der Waals surface area contributed by atoms with Crippen molar-refractivity contribution in [2.45, 2.75) is 32.8 Å². The molecular weight excluding hydrogens is 352 g/mol. The number of hydrogen-bond acceptors (Lipinski definition) is 3. The lowest BCUT2D eigenvalue weighted by Crippen LogP contribution is -2.35. The van der Waals surface area contributed by atoms with Crippen molar-refractivity contribution in [3.63, 3.8) is 0 Å². The Morgan fingerprint density at radius 1 is 0.923 bits per heavy atom. The van der Waals surface area contributed by atoms with E-state index < -0.39 is 5.41 Å². The molecule has 0 heterocycles. The van der Waals surface area contributed by atoms with E-state index in [1.165, 1.54) is 0 Å². The average molecular weight is 373 g/mol. The normalized spacial score (nSPS) is 14.6. The van der Waals surface area contributed by atoms with Gasteiger partial charge in [-0.2, -0.15) is 0 Å². The van der Waals surface area contributed by atoms with E-state index in [9.17, 15) is 9.59 Å². The topological polar surface area (TPSA) is 67.4 Å². The fraction of sp³-hybridized carbons (Fsp3) is 0.300. The van der Waals surface area contributed by atoms with Gasteiger partial charge in [0.2, 0.25) is 11.8 Å². The summed E-state index contributed by atoms with van der Waals surface area (Å²) in [5, 5.41) is 6.21. The molecule has 0 radical (unpaired) electrons. The molecule has 0 saturated heterocycles. The number of halogens is 1. The van der Waals surface area contributed by atoms with Gasteiger partial charge in [-0.05, 0) is 75.2 Å². The second-order valence-electron chi connectivity index (χ2n) is 6.69. The zero-order chi connectivity index (χ0) is 18.7. The van der Waals surface area contributed by atoms with Crippen LogP contribution < -0.4 is 15.4 Å². The van der Waals surface area contributed by atoms with Crippen LogP contribution in [0.5, 0.6) is 5.75 Å². The van der Waals surface area contributed by atoms with Crippen LogP contribution in [-0.2, 0) is 9.59 Å². The first kappa shape index (κ1) is 18.3. The van der Waals surface area contributed by atoms with Crippen LogP contribution in [0.4, 0.5) is 11.4 Å². The molecule has 0 aliphatic heterocycles. The van der Waals surface area contributed by atoms with E-state index in [2.05, 4.69) is 10.6 Å². The van der Waals surface area contributed by atoms with Crippen molar-refractivity contribution < 1.29 is 14.3 Å². The first-order chi connectivity index (χ1) is 12.4. The Morgan fingerprint density at radius 3 is 1.81 bits per heavy atom. The molecule has 1 aliphatic rings. The van der Waals surface area contributed by atoms with Crippen molar-refractivity contribution in [2.24, 2.45) is 5.41 Å². The standard InChI is InChI=1S/C20H21ClN2O3/c1-13(2)26-17-9-7-16(8-10-17)23-19(25)20(11-12-20)18(24)22-15-5-3-14(21)4-6-15/h3-10,13H,11-12H2,1-2H3,(H,22,24)(H,23,25). The summed E-state index contributed by atoms with van der Waals surface area (Å²) in [6.45, 7) is 3.90. The van der Waals surface area contributed by atoms with Gasteiger partial charge in [0.1, 0.15) is 11.2 Å². The van der Waals surface area contributed by atoms with Crippen LogP contribution >= 0.6 is 11.6 Å². The molecule has 0 spiro atoms. The van der Waals surface area contributed by atoms with Crippen molar-refractivity contribution in [1.82, 2.24) is 0 Å². The summed E-state index contributed by atoms with van der Waals surface area (Å²) >= 11 is 5.84. The number of benzene rings is 2. The van der Waals surface area contributed by atoms with Crippen LogP contribution in [-0.4, -0.2) is 17.9 Å². The molecule has 0 aromatic heterocycles. The maximum Gasteiger partial charge on any atom is 0.240 e. The van der Waals surface area contributed by atoms with Gasteiger partial charge in [-0.3, -0.25) is 9.59 Å². The van der Waals surface area contributed by atoms with Crippen LogP contribution in [0, 0.1) is 5.41 Å². The van der Waals surface area contributed by atoms with Gasteiger partial charge >= 0.3 is 0 Å². The van der Waals surface area contributed by atoms with E-state index in [0.29, 0.717) is 29.2 Å². The van der Waals surface area contributed by atoms with Gasteiger partial charge in [-0.15, -0.1) is 0 Å². The second kappa shape index (κ2) is 7.38. The molecule has 2 aromatic carbocycles. The van der Waals surface area contributed by atoms with E-state index in [1.54, 1.807) is 48.5 Å². The molecule has 6 heteroatoms. The van der Waals surface area contributed by atoms with E-state index in [1.807, 2.05) is 13.8 Å². The smallest absolute Gasteiger partial charge is 0.240 e. The van der Waals surface area contributed by atoms with Gasteiger partial charge < -0.3 is 15.4 Å². The zero-order valence-electron chi connectivity index (χ0n) is 14.7. The number of rotatable bonds is 6. The first-order valence-corrected chi connectivity index (χ1v) is 8.92. The van der Waals surface area contributed by atoms with Crippen molar-refractivity contribution in [1.29, 1.82) is 0 Å². The maximum absolute atomic E-state index is 12.6. The first-order valence-electron chi connectivity index (χ1n) is 8.54. The minimum atomic E-state index is -1.01. The van der Waals surface area contributed by atoms with Crippen molar-refractivity contribution >= 4 is 34.8 Å². The number of amides is 2. The number of hydrogen-bond donors (Lipinski definition) is 2. The van der Waals surface area contributed by atoms with Crippen molar-refractivity contribution in [2.75, 3.05) is 10.6 Å². The van der Waals surface area contributed by atoms with Crippen molar-refractivity contribution in [3.05, 3.63) is 53.6 Å². The molecule has 136 valence electrons. The minimum absolute atomic E-state index is 0.0849. The molecular formula is C20H21ClN2O3. The predicted molar refractivity (Wildman–Crippen MR) is 103 cm³/mol. The van der Waals surface area contributed by atoms with Gasteiger partial charge in [0.25, 0.3) is 0 Å². The number of nitrogens with one attached hydrogen (secondary N) is 2. The van der Waals surface area contributed by atoms with Gasteiger partial charge in [0, 0.05) is 16.4 Å². The number of carbonyl (C=O) groups is 2. The number of ether oxygens (including phenoxy) is 1. The molecule has 26 heavy (non-hydrogen) atoms. The molecule has 2 amide bonds. The Bertz CT molecular complexity index is 797. The molecule has 5 nitrogen and oxygen atoms in total. The Morgan fingerprint density at radius 2 is 1.38 bits per heavy atom. The Labute approximate surface area is 157 Å². The van der Waals surface area contributed by atoms with Crippen LogP contribution in [0.15, 0.2) is 48.5 Å². The molecule has 1 aliphatic carbocycles. The lowest BCUT2D eigenvalue weighted by molar-refractivity contribution is -0.131. The highest BCUT2D eigenvalue weighted by molar-refractivity contribution is 6.30. The molecule has 2 N–H and O–H groups in total. The van der Waals surface area contributed by atoms with Gasteiger partial charge in [-0.25, -0.2) is 0 Å². The average Bonchev–Trinajstić information content (AvgIpc) is 3.40. The van der Waals surface area contributed by atoms with Crippen LogP contribution in [0.25, 0.3) is 0 Å². The molecule has 3 rings (SSSR count). The Balaban J connectivity index is 1.63. The quantitative estimate of drug-likeness (QED) is 0.734. The summed E-state index contributed by atoms with van der Waals surface area (Å²) in [6, 6.07) is 13.9. The lowest BCUT2D eigenvalue weighted by Gasteiger charge is -2.16. The summed E-state index contributed by atoms with van der Waals surface area (Å²) in [5.74, 6) is 0.151. The summed E-state index contributed by atoms with van der Waals surface area (Å²) in [4.78, 5) is 25.2. The SMILES string of the molecule is CC(C)Oc1ccc(NC(=O)C2(C(=O)Nc3ccc(Cl)cc3)CC2)cc1. The highest BCUT2D eigenvalue weighted by Crippen LogP contribution is 2.47. The molecule has 1 fully saturated rings. The van der Waals surface area contributed by atoms with E-state index in [4.69, 9.17) is 16.3 Å². The summed E-state index contributed by atoms with van der Waals surface area (Å²) in [5.41, 5.74) is 0.248. The lowest BCUT2D eigenvalue weighted by atomic mass is 10.0. The second-order valence-corrected chi connectivity index (χ2v) is 7.12. The maximum atomic E-state index is 12.6. The fourth-order valence-electron chi connectivity index (χ4n) is 2.61. The third kappa shape index (κ3) is 4.17. The van der Waals surface area contributed by atoms with Gasteiger partial charge in [0.15, 0.2) is 0 Å².